The van der Waals surface area contributed by atoms with Crippen LogP contribution in [0, 0.1) is 15.4 Å². The molecule has 0 aliphatic heterocycles. The van der Waals surface area contributed by atoms with E-state index in [4.69, 9.17) is 10.5 Å². The predicted molar refractivity (Wildman–Crippen MR) is 132 cm³/mol. The molecule has 3 aliphatic carbocycles. The number of phenols is 1. The van der Waals surface area contributed by atoms with Crippen LogP contribution < -0.4 is 5.73 Å². The molecule has 8 nitrogen and oxygen atoms in total. The number of aliphatic hydroxyl groups excluding tert-OH is 1. The molecule has 0 saturated heterocycles. The molecule has 35 heavy (non-hydrogen) atoms. The molecular formula is C26H22INO7. The van der Waals surface area contributed by atoms with Gasteiger partial charge in [-0.25, -0.2) is 0 Å². The lowest BCUT2D eigenvalue weighted by molar-refractivity contribution is -0.144. The Balaban J connectivity index is 1.58. The van der Waals surface area contributed by atoms with E-state index in [1.807, 2.05) is 30.3 Å². The Kier molecular flexibility index (Phi) is 5.71. The number of halogens is 1. The largest absolute Gasteiger partial charge is 0.508 e. The van der Waals surface area contributed by atoms with Crippen molar-refractivity contribution in [3.63, 3.8) is 0 Å². The van der Waals surface area contributed by atoms with Crippen molar-refractivity contribution >= 4 is 40.1 Å². The summed E-state index contributed by atoms with van der Waals surface area (Å²) >= 11 is 2.09. The van der Waals surface area contributed by atoms with Crippen molar-refractivity contribution in [2.75, 3.05) is 0 Å². The number of ketones is 2. The highest BCUT2D eigenvalue weighted by Crippen LogP contribution is 2.52. The number of carbonyl (C=O) groups excluding carboxylic acids is 3. The Bertz CT molecular complexity index is 1350. The van der Waals surface area contributed by atoms with E-state index >= 15 is 0 Å². The molecule has 0 radical (unpaired) electrons. The number of aromatic hydroxyl groups is 1. The van der Waals surface area contributed by atoms with Gasteiger partial charge in [0, 0.05) is 21.5 Å². The Hall–Kier alpha value is -3.18. The molecule has 3 aliphatic rings. The maximum absolute atomic E-state index is 13.5. The molecule has 0 bridgehead atoms. The zero-order chi connectivity index (χ0) is 25.1. The summed E-state index contributed by atoms with van der Waals surface area (Å²) in [7, 11) is 0. The molecule has 2 aromatic carbocycles. The third-order valence-corrected chi connectivity index (χ3v) is 8.14. The lowest BCUT2D eigenvalue weighted by Gasteiger charge is -2.46. The monoisotopic (exact) mass is 587 g/mol. The summed E-state index contributed by atoms with van der Waals surface area (Å²) in [4.78, 5) is 39.1. The molecular weight excluding hydrogens is 565 g/mol. The number of phenolic OH excluding ortho intramolecular Hbond substituents is 1. The van der Waals surface area contributed by atoms with Crippen LogP contribution in [0.15, 0.2) is 65.1 Å². The summed E-state index contributed by atoms with van der Waals surface area (Å²) in [5, 5.41) is 33.0. The number of carbonyl (C=O) groups is 3. The Morgan fingerprint density at radius 2 is 1.83 bits per heavy atom. The second kappa shape index (κ2) is 8.49. The van der Waals surface area contributed by atoms with Gasteiger partial charge in [-0.2, -0.15) is 0 Å². The third-order valence-electron chi connectivity index (χ3n) is 7.13. The summed E-state index contributed by atoms with van der Waals surface area (Å²) in [6.45, 7) is 0.0885. The molecule has 0 heterocycles. The van der Waals surface area contributed by atoms with Crippen LogP contribution in [0.2, 0.25) is 0 Å². The normalized spacial score (nSPS) is 25.7. The van der Waals surface area contributed by atoms with Gasteiger partial charge in [-0.05, 0) is 64.6 Å². The standard InChI is InChI=1S/C26H22INO7/c27-16-6-7-17(29)20-15(16)9-13-8-14-10-18(35-11-12-4-2-1-3-5-12)21(25(28)33)24(32)26(14,34)23(31)19(13)22(20)30/h1-7,13-14,29,31,34H,8-11H2,(H2,28,33)/t13-,14+,26+/m1/s1. The van der Waals surface area contributed by atoms with E-state index in [1.54, 1.807) is 6.07 Å². The molecule has 0 spiro atoms. The molecule has 0 aromatic heterocycles. The van der Waals surface area contributed by atoms with E-state index < -0.39 is 46.2 Å². The molecule has 0 saturated carbocycles. The third kappa shape index (κ3) is 3.56. The number of aliphatic hydroxyl groups is 2. The minimum Gasteiger partial charge on any atom is -0.508 e. The minimum absolute atomic E-state index is 0.0145. The maximum Gasteiger partial charge on any atom is 0.255 e. The van der Waals surface area contributed by atoms with Crippen molar-refractivity contribution in [1.82, 2.24) is 0 Å². The van der Waals surface area contributed by atoms with Crippen LogP contribution >= 0.6 is 22.6 Å². The number of allylic oxidation sites excluding steroid dienone is 2. The number of hydrogen-bond donors (Lipinski definition) is 4. The zero-order valence-electron chi connectivity index (χ0n) is 18.5. The fourth-order valence-electron chi connectivity index (χ4n) is 5.44. The number of amides is 1. The van der Waals surface area contributed by atoms with Crippen molar-refractivity contribution in [1.29, 1.82) is 0 Å². The number of Topliss-reactive ketones (excluding diaryl/α,β-unsaturated/α-hetero) is 2. The topological polar surface area (TPSA) is 147 Å². The first kappa shape index (κ1) is 23.6. The van der Waals surface area contributed by atoms with Crippen molar-refractivity contribution < 1.29 is 34.4 Å². The van der Waals surface area contributed by atoms with Crippen LogP contribution in [0.3, 0.4) is 0 Å². The van der Waals surface area contributed by atoms with E-state index in [1.165, 1.54) is 6.07 Å². The molecule has 5 N–H and O–H groups in total. The number of benzene rings is 2. The summed E-state index contributed by atoms with van der Waals surface area (Å²) in [6, 6.07) is 12.3. The van der Waals surface area contributed by atoms with Gasteiger partial charge in [-0.1, -0.05) is 30.3 Å². The summed E-state index contributed by atoms with van der Waals surface area (Å²) in [5.41, 5.74) is 3.91. The fourth-order valence-corrected chi connectivity index (χ4v) is 6.11. The average molecular weight is 587 g/mol. The smallest absolute Gasteiger partial charge is 0.255 e. The molecule has 2 aromatic rings. The van der Waals surface area contributed by atoms with Gasteiger partial charge in [0.25, 0.3) is 5.91 Å². The van der Waals surface area contributed by atoms with Gasteiger partial charge in [0.15, 0.2) is 11.4 Å². The van der Waals surface area contributed by atoms with E-state index in [9.17, 15) is 29.7 Å². The van der Waals surface area contributed by atoms with Crippen molar-refractivity contribution in [3.8, 4) is 5.75 Å². The highest BCUT2D eigenvalue weighted by atomic mass is 127. The maximum atomic E-state index is 13.5. The van der Waals surface area contributed by atoms with Crippen LogP contribution in [0.5, 0.6) is 5.75 Å². The van der Waals surface area contributed by atoms with Crippen LogP contribution in [0.1, 0.15) is 34.3 Å². The van der Waals surface area contributed by atoms with Gasteiger partial charge in [0.2, 0.25) is 5.78 Å². The van der Waals surface area contributed by atoms with Crippen molar-refractivity contribution in [2.24, 2.45) is 17.6 Å². The lowest BCUT2D eigenvalue weighted by Crippen LogP contribution is -2.57. The highest BCUT2D eigenvalue weighted by Gasteiger charge is 2.60. The van der Waals surface area contributed by atoms with Crippen molar-refractivity contribution in [2.45, 2.75) is 31.5 Å². The fraction of sp³-hybridized carbons (Fsp3) is 0.269. The molecule has 0 unspecified atom stereocenters. The van der Waals surface area contributed by atoms with Gasteiger partial charge < -0.3 is 25.8 Å². The minimum atomic E-state index is -2.49. The second-order valence-corrected chi connectivity index (χ2v) is 10.2. The molecule has 5 rings (SSSR count). The number of nitrogens with two attached hydrogens (primary N) is 1. The van der Waals surface area contributed by atoms with Crippen LogP contribution in [0.4, 0.5) is 0 Å². The first-order valence-corrected chi connectivity index (χ1v) is 12.2. The van der Waals surface area contributed by atoms with Crippen LogP contribution in [-0.4, -0.2) is 38.4 Å². The van der Waals surface area contributed by atoms with E-state index in [-0.39, 0.29) is 42.1 Å². The van der Waals surface area contributed by atoms with Gasteiger partial charge in [-0.15, -0.1) is 0 Å². The first-order valence-electron chi connectivity index (χ1n) is 11.1. The summed E-state index contributed by atoms with van der Waals surface area (Å²) in [6.07, 6.45) is 0.530. The molecule has 3 atom stereocenters. The van der Waals surface area contributed by atoms with Gasteiger partial charge in [0.05, 0.1) is 5.56 Å². The van der Waals surface area contributed by atoms with Gasteiger partial charge >= 0.3 is 0 Å². The van der Waals surface area contributed by atoms with Crippen LogP contribution in [0.25, 0.3) is 0 Å². The Morgan fingerprint density at radius 3 is 2.51 bits per heavy atom. The lowest BCUT2D eigenvalue weighted by atomic mass is 9.60. The summed E-state index contributed by atoms with van der Waals surface area (Å²) in [5.74, 6) is -5.07. The Labute approximate surface area is 214 Å². The first-order chi connectivity index (χ1) is 16.6. The van der Waals surface area contributed by atoms with E-state index in [0.29, 0.717) is 12.0 Å². The second-order valence-electron chi connectivity index (χ2n) is 9.08. The SMILES string of the molecule is NC(=O)C1=C(OCc2ccccc2)C[C@@H]2C[C@@H]3Cc4c(I)ccc(O)c4C(=O)C3=C(O)[C@]2(O)C1=O. The number of hydrogen-bond acceptors (Lipinski definition) is 7. The van der Waals surface area contributed by atoms with Crippen LogP contribution in [-0.2, 0) is 27.4 Å². The molecule has 180 valence electrons. The zero-order valence-corrected chi connectivity index (χ0v) is 20.6. The van der Waals surface area contributed by atoms with Gasteiger partial charge in [0.1, 0.15) is 29.4 Å². The quantitative estimate of drug-likeness (QED) is 0.318. The number of ether oxygens (including phenoxy) is 1. The predicted octanol–water partition coefficient (Wildman–Crippen LogP) is 2.84. The highest BCUT2D eigenvalue weighted by molar-refractivity contribution is 14.1. The van der Waals surface area contributed by atoms with E-state index in [0.717, 1.165) is 9.13 Å². The van der Waals surface area contributed by atoms with E-state index in [2.05, 4.69) is 22.6 Å². The molecule has 1 amide bonds. The molecule has 0 fully saturated rings. The number of rotatable bonds is 4. The average Bonchev–Trinajstić information content (AvgIpc) is 2.82. The number of primary amides is 1. The van der Waals surface area contributed by atoms with Crippen molar-refractivity contribution in [3.05, 3.63) is 85.4 Å². The number of fused-ring (bicyclic) bond motifs is 3. The molecule has 9 heteroatoms. The Morgan fingerprint density at radius 1 is 1.11 bits per heavy atom. The summed E-state index contributed by atoms with van der Waals surface area (Å²) < 4.78 is 6.64. The van der Waals surface area contributed by atoms with Gasteiger partial charge in [-0.3, -0.25) is 14.4 Å².